The van der Waals surface area contributed by atoms with Crippen LogP contribution >= 0.6 is 11.6 Å². The van der Waals surface area contributed by atoms with Crippen LogP contribution in [0.25, 0.3) is 0 Å². The second kappa shape index (κ2) is 5.51. The van der Waals surface area contributed by atoms with Crippen molar-refractivity contribution in [3.63, 3.8) is 0 Å². The van der Waals surface area contributed by atoms with Gasteiger partial charge in [-0.05, 0) is 45.1 Å². The van der Waals surface area contributed by atoms with Gasteiger partial charge in [-0.3, -0.25) is 4.90 Å². The first-order chi connectivity index (χ1) is 7.35. The van der Waals surface area contributed by atoms with Crippen molar-refractivity contribution in [2.24, 2.45) is 0 Å². The van der Waals surface area contributed by atoms with Gasteiger partial charge in [-0.15, -0.1) is 11.6 Å². The Morgan fingerprint density at radius 3 is 2.87 bits per heavy atom. The van der Waals surface area contributed by atoms with Crippen LogP contribution in [-0.4, -0.2) is 42.6 Å². The highest BCUT2D eigenvalue weighted by atomic mass is 35.5. The minimum Gasteiger partial charge on any atom is -0.381 e. The molecule has 1 aliphatic heterocycles. The molecule has 3 atom stereocenters. The van der Waals surface area contributed by atoms with Crippen LogP contribution in [0.1, 0.15) is 38.5 Å². The number of hydrogen-bond donors (Lipinski definition) is 0. The predicted octanol–water partition coefficient (Wildman–Crippen LogP) is 2.65. The molecule has 1 aliphatic carbocycles. The van der Waals surface area contributed by atoms with E-state index in [1.165, 1.54) is 45.1 Å². The fourth-order valence-corrected chi connectivity index (χ4v) is 3.47. The third-order valence-corrected chi connectivity index (χ3v) is 4.36. The van der Waals surface area contributed by atoms with Crippen molar-refractivity contribution in [3.8, 4) is 0 Å². The largest absolute Gasteiger partial charge is 0.381 e. The zero-order valence-electron chi connectivity index (χ0n) is 9.62. The van der Waals surface area contributed by atoms with Crippen LogP contribution in [0.2, 0.25) is 0 Å². The summed E-state index contributed by atoms with van der Waals surface area (Å²) in [5.74, 6) is 0.800. The first-order valence-electron chi connectivity index (χ1n) is 6.19. The Bertz CT molecular complexity index is 200. The van der Waals surface area contributed by atoms with Crippen molar-refractivity contribution in [1.29, 1.82) is 0 Å². The molecule has 0 aromatic rings. The van der Waals surface area contributed by atoms with Crippen LogP contribution in [-0.2, 0) is 4.74 Å². The number of alkyl halides is 1. The smallest absolute Gasteiger partial charge is 0.0586 e. The van der Waals surface area contributed by atoms with E-state index >= 15 is 0 Å². The lowest BCUT2D eigenvalue weighted by atomic mass is 9.91. The summed E-state index contributed by atoms with van der Waals surface area (Å²) in [4.78, 5) is 2.64. The van der Waals surface area contributed by atoms with Crippen LogP contribution in [0.4, 0.5) is 0 Å². The van der Waals surface area contributed by atoms with E-state index in [2.05, 4.69) is 4.90 Å². The molecule has 1 saturated heterocycles. The molecule has 15 heavy (non-hydrogen) atoms. The van der Waals surface area contributed by atoms with E-state index in [0.717, 1.165) is 11.9 Å². The molecule has 0 aromatic heterocycles. The normalized spacial score (nSPS) is 38.4. The first-order valence-corrected chi connectivity index (χ1v) is 6.73. The van der Waals surface area contributed by atoms with Gasteiger partial charge in [-0.1, -0.05) is 0 Å². The lowest BCUT2D eigenvalue weighted by molar-refractivity contribution is 0.0264. The maximum absolute atomic E-state index is 6.02. The average molecular weight is 232 g/mol. The highest BCUT2D eigenvalue weighted by molar-refractivity contribution is 6.18. The molecule has 1 heterocycles. The molecule has 88 valence electrons. The van der Waals surface area contributed by atoms with Crippen molar-refractivity contribution < 1.29 is 4.74 Å². The van der Waals surface area contributed by atoms with Gasteiger partial charge in [0.2, 0.25) is 0 Å². The van der Waals surface area contributed by atoms with Crippen LogP contribution < -0.4 is 0 Å². The van der Waals surface area contributed by atoms with Gasteiger partial charge in [0.1, 0.15) is 0 Å². The minimum atomic E-state index is 0.486. The van der Waals surface area contributed by atoms with Gasteiger partial charge in [0, 0.05) is 25.1 Å². The summed E-state index contributed by atoms with van der Waals surface area (Å²) in [6.45, 7) is 1.25. The van der Waals surface area contributed by atoms with Gasteiger partial charge >= 0.3 is 0 Å². The Balaban J connectivity index is 1.91. The van der Waals surface area contributed by atoms with E-state index in [0.29, 0.717) is 12.1 Å². The van der Waals surface area contributed by atoms with Gasteiger partial charge < -0.3 is 4.74 Å². The van der Waals surface area contributed by atoms with E-state index in [9.17, 15) is 0 Å². The molecule has 3 unspecified atom stereocenters. The molecular weight excluding hydrogens is 210 g/mol. The number of ether oxygens (including phenoxy) is 1. The van der Waals surface area contributed by atoms with Crippen LogP contribution in [0.3, 0.4) is 0 Å². The molecular formula is C12H22ClNO. The van der Waals surface area contributed by atoms with Gasteiger partial charge in [0.05, 0.1) is 6.10 Å². The standard InChI is InChI=1S/C12H22ClNO/c1-15-12-6-2-4-10(8-12)14-7-3-5-11(14)9-13/h10-12H,2-9H2,1H3. The summed E-state index contributed by atoms with van der Waals surface area (Å²) in [6, 6.07) is 1.36. The summed E-state index contributed by atoms with van der Waals surface area (Å²) < 4.78 is 5.49. The summed E-state index contributed by atoms with van der Waals surface area (Å²) in [5, 5.41) is 0. The number of halogens is 1. The fourth-order valence-electron chi connectivity index (χ4n) is 3.14. The monoisotopic (exact) mass is 231 g/mol. The molecule has 1 saturated carbocycles. The Labute approximate surface area is 97.9 Å². The predicted molar refractivity (Wildman–Crippen MR) is 63.5 cm³/mol. The maximum atomic E-state index is 6.02. The van der Waals surface area contributed by atoms with Crippen molar-refractivity contribution in [2.75, 3.05) is 19.5 Å². The minimum absolute atomic E-state index is 0.486. The van der Waals surface area contributed by atoms with Gasteiger partial charge in [0.15, 0.2) is 0 Å². The Kier molecular flexibility index (Phi) is 4.30. The van der Waals surface area contributed by atoms with Crippen molar-refractivity contribution in [2.45, 2.75) is 56.7 Å². The van der Waals surface area contributed by atoms with Gasteiger partial charge in [-0.2, -0.15) is 0 Å². The topological polar surface area (TPSA) is 12.5 Å². The average Bonchev–Trinajstić information content (AvgIpc) is 2.77. The number of rotatable bonds is 3. The SMILES string of the molecule is COC1CCCC(N2CCCC2CCl)C1. The Morgan fingerprint density at radius 1 is 1.27 bits per heavy atom. The van der Waals surface area contributed by atoms with E-state index in [1.54, 1.807) is 0 Å². The second-order valence-electron chi connectivity index (χ2n) is 4.87. The quantitative estimate of drug-likeness (QED) is 0.693. The molecule has 0 spiro atoms. The van der Waals surface area contributed by atoms with Crippen molar-refractivity contribution >= 4 is 11.6 Å². The Hall–Kier alpha value is 0.210. The maximum Gasteiger partial charge on any atom is 0.0586 e. The molecule has 2 rings (SSSR count). The summed E-state index contributed by atoms with van der Waals surface area (Å²) in [7, 11) is 1.84. The van der Waals surface area contributed by atoms with Gasteiger partial charge in [0.25, 0.3) is 0 Å². The Morgan fingerprint density at radius 2 is 2.13 bits per heavy atom. The highest BCUT2D eigenvalue weighted by Gasteiger charge is 2.33. The van der Waals surface area contributed by atoms with Crippen molar-refractivity contribution in [3.05, 3.63) is 0 Å². The molecule has 2 nitrogen and oxygen atoms in total. The first kappa shape index (κ1) is 11.7. The van der Waals surface area contributed by atoms with E-state index < -0.39 is 0 Å². The fraction of sp³-hybridized carbons (Fsp3) is 1.00. The van der Waals surface area contributed by atoms with E-state index in [-0.39, 0.29) is 0 Å². The molecule has 2 fully saturated rings. The van der Waals surface area contributed by atoms with Crippen LogP contribution in [0.5, 0.6) is 0 Å². The van der Waals surface area contributed by atoms with E-state index in [1.807, 2.05) is 7.11 Å². The molecule has 0 N–H and O–H groups in total. The lowest BCUT2D eigenvalue weighted by Gasteiger charge is -2.37. The zero-order valence-corrected chi connectivity index (χ0v) is 10.4. The molecule has 0 radical (unpaired) electrons. The molecule has 2 aliphatic rings. The van der Waals surface area contributed by atoms with Crippen molar-refractivity contribution in [1.82, 2.24) is 4.90 Å². The van der Waals surface area contributed by atoms with E-state index in [4.69, 9.17) is 16.3 Å². The van der Waals surface area contributed by atoms with Crippen LogP contribution in [0.15, 0.2) is 0 Å². The van der Waals surface area contributed by atoms with Gasteiger partial charge in [-0.25, -0.2) is 0 Å². The number of likely N-dealkylation sites (tertiary alicyclic amines) is 1. The highest BCUT2D eigenvalue weighted by Crippen LogP contribution is 2.30. The lowest BCUT2D eigenvalue weighted by Crippen LogP contribution is -2.44. The third kappa shape index (κ3) is 2.66. The summed E-state index contributed by atoms with van der Waals surface area (Å²) in [5.41, 5.74) is 0. The summed E-state index contributed by atoms with van der Waals surface area (Å²) in [6.07, 6.45) is 8.21. The number of methoxy groups -OCH3 is 1. The molecule has 0 amide bonds. The second-order valence-corrected chi connectivity index (χ2v) is 5.17. The third-order valence-electron chi connectivity index (χ3n) is 4.00. The van der Waals surface area contributed by atoms with Crippen LogP contribution in [0, 0.1) is 0 Å². The summed E-state index contributed by atoms with van der Waals surface area (Å²) >= 11 is 6.02. The zero-order chi connectivity index (χ0) is 10.7. The molecule has 0 bridgehead atoms. The molecule has 0 aromatic carbocycles. The molecule has 3 heteroatoms. The number of hydrogen-bond acceptors (Lipinski definition) is 2. The number of nitrogens with zero attached hydrogens (tertiary/aromatic N) is 1.